The van der Waals surface area contributed by atoms with Crippen LogP contribution in [0.3, 0.4) is 0 Å². The highest BCUT2D eigenvalue weighted by Gasteiger charge is 2.15. The number of rotatable bonds is 6. The number of nitrogens with zero attached hydrogens (tertiary/aromatic N) is 5. The van der Waals surface area contributed by atoms with Crippen LogP contribution in [-0.2, 0) is 13.1 Å². The molecule has 10 heteroatoms. The average Bonchev–Trinajstić information content (AvgIpc) is 3.30. The Kier molecular flexibility index (Phi) is 6.29. The zero-order valence-corrected chi connectivity index (χ0v) is 17.8. The number of aromatic nitrogens is 4. The summed E-state index contributed by atoms with van der Waals surface area (Å²) in [7, 11) is 0. The summed E-state index contributed by atoms with van der Waals surface area (Å²) >= 11 is 0. The fourth-order valence-electron chi connectivity index (χ4n) is 3.22. The maximum absolute atomic E-state index is 13.5. The topological polar surface area (TPSA) is 117 Å². The second kappa shape index (κ2) is 9.46. The molecule has 3 aromatic rings. The van der Waals surface area contributed by atoms with E-state index in [9.17, 15) is 9.18 Å². The molecular weight excluding hydrogens is 411 g/mol. The van der Waals surface area contributed by atoms with E-state index < -0.39 is 5.95 Å². The van der Waals surface area contributed by atoms with Gasteiger partial charge in [0.15, 0.2) is 5.96 Å². The first-order chi connectivity index (χ1) is 15.5. The van der Waals surface area contributed by atoms with Crippen molar-refractivity contribution in [2.45, 2.75) is 26.9 Å². The van der Waals surface area contributed by atoms with Gasteiger partial charge in [-0.2, -0.15) is 4.39 Å². The van der Waals surface area contributed by atoms with Gasteiger partial charge in [-0.25, -0.2) is 9.97 Å². The maximum atomic E-state index is 13.5. The van der Waals surface area contributed by atoms with Gasteiger partial charge in [0.25, 0.3) is 5.91 Å². The van der Waals surface area contributed by atoms with Crippen LogP contribution in [0.5, 0.6) is 0 Å². The van der Waals surface area contributed by atoms with Gasteiger partial charge in [-0.3, -0.25) is 19.8 Å². The molecule has 4 heterocycles. The summed E-state index contributed by atoms with van der Waals surface area (Å²) in [5.41, 5.74) is 4.20. The Hall–Kier alpha value is -3.95. The number of nitrogens with one attached hydrogen (secondary N) is 3. The monoisotopic (exact) mass is 434 g/mol. The van der Waals surface area contributed by atoms with Crippen LogP contribution in [0.25, 0.3) is 11.3 Å². The Morgan fingerprint density at radius 3 is 2.72 bits per heavy atom. The van der Waals surface area contributed by atoms with Gasteiger partial charge >= 0.3 is 0 Å². The minimum atomic E-state index is -0.563. The van der Waals surface area contributed by atoms with Gasteiger partial charge in [-0.05, 0) is 43.7 Å². The number of carbonyl (C=O) groups is 1. The lowest BCUT2D eigenvalue weighted by atomic mass is 10.1. The molecule has 3 N–H and O–H groups in total. The third-order valence-corrected chi connectivity index (χ3v) is 4.84. The molecule has 32 heavy (non-hydrogen) atoms. The first kappa shape index (κ1) is 21.3. The number of guanidine groups is 1. The molecule has 0 saturated carbocycles. The number of pyridine rings is 2. The zero-order valence-electron chi connectivity index (χ0n) is 17.8. The molecule has 164 valence electrons. The van der Waals surface area contributed by atoms with E-state index in [2.05, 4.69) is 40.9 Å². The van der Waals surface area contributed by atoms with E-state index in [1.54, 1.807) is 31.5 Å². The second-order valence-electron chi connectivity index (χ2n) is 7.36. The van der Waals surface area contributed by atoms with Crippen molar-refractivity contribution >= 4 is 11.9 Å². The van der Waals surface area contributed by atoms with Gasteiger partial charge in [-0.15, -0.1) is 0 Å². The Balaban J connectivity index is 1.59. The molecule has 1 amide bonds. The first-order valence-corrected chi connectivity index (χ1v) is 10.2. The van der Waals surface area contributed by atoms with E-state index in [0.717, 1.165) is 24.3 Å². The standard InChI is InChI=1S/C22H23FN8O/c1-13-9-27-16(11-26-13)12-28-21(32)19-8-15(10-29-22-24-5-6-25-22)7-18(31-19)17-3-4-20(23)30-14(17)2/h3-4,7-9,11H,5-6,10,12H2,1-2H3,(H,28,32)(H2,24,25,29). The van der Waals surface area contributed by atoms with Gasteiger partial charge in [0, 0.05) is 30.5 Å². The summed E-state index contributed by atoms with van der Waals surface area (Å²) < 4.78 is 13.5. The smallest absolute Gasteiger partial charge is 0.270 e. The van der Waals surface area contributed by atoms with E-state index in [-0.39, 0.29) is 18.1 Å². The van der Waals surface area contributed by atoms with E-state index in [1.807, 2.05) is 13.0 Å². The summed E-state index contributed by atoms with van der Waals surface area (Å²) in [6.45, 7) is 5.74. The lowest BCUT2D eigenvalue weighted by Crippen LogP contribution is -2.33. The Bertz CT molecular complexity index is 1160. The zero-order chi connectivity index (χ0) is 22.5. The molecule has 0 spiro atoms. The van der Waals surface area contributed by atoms with Crippen LogP contribution in [0, 0.1) is 19.8 Å². The Morgan fingerprint density at radius 1 is 1.12 bits per heavy atom. The van der Waals surface area contributed by atoms with Crippen molar-refractivity contribution in [1.82, 2.24) is 35.9 Å². The van der Waals surface area contributed by atoms with Crippen molar-refractivity contribution in [3.63, 3.8) is 0 Å². The van der Waals surface area contributed by atoms with Crippen molar-refractivity contribution in [2.75, 3.05) is 13.1 Å². The molecule has 0 atom stereocenters. The molecule has 0 aliphatic carbocycles. The van der Waals surface area contributed by atoms with Crippen LogP contribution in [0.15, 0.2) is 41.7 Å². The van der Waals surface area contributed by atoms with Gasteiger partial charge in [-0.1, -0.05) is 0 Å². The predicted octanol–water partition coefficient (Wildman–Crippen LogP) is 1.67. The third-order valence-electron chi connectivity index (χ3n) is 4.84. The summed E-state index contributed by atoms with van der Waals surface area (Å²) in [6.07, 6.45) is 3.27. The van der Waals surface area contributed by atoms with Crippen LogP contribution in [-0.4, -0.2) is 44.9 Å². The number of amides is 1. The normalized spacial score (nSPS) is 12.8. The number of hydrogen-bond acceptors (Lipinski definition) is 8. The van der Waals surface area contributed by atoms with Crippen molar-refractivity contribution < 1.29 is 9.18 Å². The molecule has 0 fully saturated rings. The number of aliphatic imine (C=N–C) groups is 1. The molecule has 4 rings (SSSR count). The van der Waals surface area contributed by atoms with E-state index in [0.29, 0.717) is 35.1 Å². The number of hydrogen-bond donors (Lipinski definition) is 3. The van der Waals surface area contributed by atoms with Crippen LogP contribution in [0.1, 0.15) is 33.1 Å². The van der Waals surface area contributed by atoms with E-state index >= 15 is 0 Å². The predicted molar refractivity (Wildman–Crippen MR) is 117 cm³/mol. The van der Waals surface area contributed by atoms with Crippen LogP contribution >= 0.6 is 0 Å². The third kappa shape index (κ3) is 5.20. The van der Waals surface area contributed by atoms with Crippen LogP contribution in [0.2, 0.25) is 0 Å². The fraction of sp³-hybridized carbons (Fsp3) is 0.273. The number of aryl methyl sites for hydroxylation is 2. The maximum Gasteiger partial charge on any atom is 0.270 e. The van der Waals surface area contributed by atoms with Crippen molar-refractivity contribution in [3.8, 4) is 11.3 Å². The van der Waals surface area contributed by atoms with Crippen LogP contribution in [0.4, 0.5) is 4.39 Å². The van der Waals surface area contributed by atoms with Crippen LogP contribution < -0.4 is 16.0 Å². The molecule has 1 aliphatic heterocycles. The first-order valence-electron chi connectivity index (χ1n) is 10.2. The average molecular weight is 434 g/mol. The minimum absolute atomic E-state index is 0.226. The Labute approximate surface area is 184 Å². The molecule has 0 bridgehead atoms. The number of carbonyl (C=O) groups excluding carboxylic acids is 1. The molecule has 9 nitrogen and oxygen atoms in total. The molecule has 0 radical (unpaired) electrons. The molecule has 0 saturated heterocycles. The Morgan fingerprint density at radius 2 is 2.00 bits per heavy atom. The van der Waals surface area contributed by atoms with E-state index in [1.165, 1.54) is 6.07 Å². The quantitative estimate of drug-likeness (QED) is 0.505. The summed E-state index contributed by atoms with van der Waals surface area (Å²) in [6, 6.07) is 6.46. The largest absolute Gasteiger partial charge is 0.355 e. The van der Waals surface area contributed by atoms with Gasteiger partial charge < -0.3 is 16.0 Å². The van der Waals surface area contributed by atoms with Gasteiger partial charge in [0.05, 0.1) is 36.4 Å². The van der Waals surface area contributed by atoms with Gasteiger partial charge in [0.1, 0.15) is 5.69 Å². The molecule has 0 aromatic carbocycles. The van der Waals surface area contributed by atoms with Crippen molar-refractivity contribution in [1.29, 1.82) is 0 Å². The summed E-state index contributed by atoms with van der Waals surface area (Å²) in [5, 5.41) is 9.19. The molecule has 0 unspecified atom stereocenters. The number of halogens is 1. The molecule has 1 aliphatic rings. The highest BCUT2D eigenvalue weighted by Crippen LogP contribution is 2.22. The van der Waals surface area contributed by atoms with Crippen molar-refractivity contribution in [3.05, 3.63) is 70.9 Å². The SMILES string of the molecule is Cc1cnc(CNC(=O)c2cc(CNC3=NCCN3)cc(-c3ccc(F)nc3C)n2)cn1. The molecule has 3 aromatic heterocycles. The van der Waals surface area contributed by atoms with Gasteiger partial charge in [0.2, 0.25) is 5.95 Å². The minimum Gasteiger partial charge on any atom is -0.355 e. The van der Waals surface area contributed by atoms with E-state index in [4.69, 9.17) is 0 Å². The second-order valence-corrected chi connectivity index (χ2v) is 7.36. The fourth-order valence-corrected chi connectivity index (χ4v) is 3.22. The lowest BCUT2D eigenvalue weighted by molar-refractivity contribution is 0.0945. The lowest BCUT2D eigenvalue weighted by Gasteiger charge is -2.12. The van der Waals surface area contributed by atoms with Crippen molar-refractivity contribution in [2.24, 2.45) is 4.99 Å². The highest BCUT2D eigenvalue weighted by molar-refractivity contribution is 5.93. The highest BCUT2D eigenvalue weighted by atomic mass is 19.1. The summed E-state index contributed by atoms with van der Waals surface area (Å²) in [5.74, 6) is -0.196. The molecular formula is C22H23FN8O. The summed E-state index contributed by atoms with van der Waals surface area (Å²) in [4.78, 5) is 34.0.